The zero-order valence-electron chi connectivity index (χ0n) is 12.8. The number of hydrogen-bond acceptors (Lipinski definition) is 5. The van der Waals surface area contributed by atoms with Crippen LogP contribution in [0.4, 0.5) is 0 Å². The van der Waals surface area contributed by atoms with Gasteiger partial charge in [-0.1, -0.05) is 30.3 Å². The summed E-state index contributed by atoms with van der Waals surface area (Å²) in [6.07, 6.45) is 0. The summed E-state index contributed by atoms with van der Waals surface area (Å²) < 4.78 is 0. The van der Waals surface area contributed by atoms with E-state index in [0.717, 1.165) is 12.1 Å². The highest BCUT2D eigenvalue weighted by atomic mass is 16.3. The molecule has 0 fully saturated rings. The highest BCUT2D eigenvalue weighted by Crippen LogP contribution is 2.41. The molecule has 0 aromatic heterocycles. The molecule has 0 aliphatic rings. The van der Waals surface area contributed by atoms with Crippen LogP contribution >= 0.6 is 0 Å². The predicted molar refractivity (Wildman–Crippen MR) is 86.3 cm³/mol. The van der Waals surface area contributed by atoms with Crippen LogP contribution in [0.2, 0.25) is 0 Å². The summed E-state index contributed by atoms with van der Waals surface area (Å²) in [5.41, 5.74) is 1.50. The number of phenols is 3. The van der Waals surface area contributed by atoms with Gasteiger partial charge in [0, 0.05) is 18.7 Å². The molecule has 2 rings (SSSR count). The van der Waals surface area contributed by atoms with Crippen molar-refractivity contribution in [3.05, 3.63) is 53.6 Å². The fourth-order valence-corrected chi connectivity index (χ4v) is 2.30. The molecule has 0 amide bonds. The van der Waals surface area contributed by atoms with Crippen LogP contribution in [0.25, 0.3) is 0 Å². The number of benzene rings is 2. The Labute approximate surface area is 130 Å². The average molecular weight is 302 g/mol. The SMILES string of the molecule is CN(C)CCNC(c1ccccc1)c1ccc(O)c(O)c1O. The average Bonchev–Trinajstić information content (AvgIpc) is 2.51. The Morgan fingerprint density at radius 3 is 2.27 bits per heavy atom. The molecule has 5 heteroatoms. The number of rotatable bonds is 6. The quantitative estimate of drug-likeness (QED) is 0.614. The zero-order valence-corrected chi connectivity index (χ0v) is 12.8. The summed E-state index contributed by atoms with van der Waals surface area (Å²) in [5, 5.41) is 32.8. The minimum absolute atomic E-state index is 0.271. The molecule has 0 radical (unpaired) electrons. The van der Waals surface area contributed by atoms with Gasteiger partial charge in [0.15, 0.2) is 11.5 Å². The summed E-state index contributed by atoms with van der Waals surface area (Å²) in [7, 11) is 3.98. The third-order valence-electron chi connectivity index (χ3n) is 3.51. The van der Waals surface area contributed by atoms with Crippen LogP contribution in [0.15, 0.2) is 42.5 Å². The smallest absolute Gasteiger partial charge is 0.200 e. The van der Waals surface area contributed by atoms with Crippen LogP contribution in [-0.2, 0) is 0 Å². The Balaban J connectivity index is 2.34. The van der Waals surface area contributed by atoms with E-state index in [1.54, 1.807) is 6.07 Å². The molecule has 0 saturated carbocycles. The van der Waals surface area contributed by atoms with Crippen LogP contribution in [-0.4, -0.2) is 47.4 Å². The van der Waals surface area contributed by atoms with Crippen molar-refractivity contribution in [1.29, 1.82) is 0 Å². The van der Waals surface area contributed by atoms with Crippen molar-refractivity contribution in [2.75, 3.05) is 27.2 Å². The molecule has 5 nitrogen and oxygen atoms in total. The van der Waals surface area contributed by atoms with Gasteiger partial charge in [0.25, 0.3) is 0 Å². The summed E-state index contributed by atoms with van der Waals surface area (Å²) in [5.74, 6) is -1.12. The lowest BCUT2D eigenvalue weighted by Crippen LogP contribution is -2.30. The van der Waals surface area contributed by atoms with Crippen molar-refractivity contribution in [2.24, 2.45) is 0 Å². The number of aromatic hydroxyl groups is 3. The first kappa shape index (κ1) is 16.1. The topological polar surface area (TPSA) is 76.0 Å². The van der Waals surface area contributed by atoms with Gasteiger partial charge in [-0.3, -0.25) is 0 Å². The summed E-state index contributed by atoms with van der Waals surface area (Å²) in [6.45, 7) is 1.56. The summed E-state index contributed by atoms with van der Waals surface area (Å²) in [6, 6.07) is 12.4. The Hall–Kier alpha value is -2.24. The van der Waals surface area contributed by atoms with E-state index in [9.17, 15) is 15.3 Å². The first-order chi connectivity index (χ1) is 10.5. The van der Waals surface area contributed by atoms with Crippen LogP contribution in [0.3, 0.4) is 0 Å². The number of nitrogens with zero attached hydrogens (tertiary/aromatic N) is 1. The monoisotopic (exact) mass is 302 g/mol. The van der Waals surface area contributed by atoms with Crippen molar-refractivity contribution >= 4 is 0 Å². The predicted octanol–water partition coefficient (Wildman–Crippen LogP) is 2.04. The van der Waals surface area contributed by atoms with Gasteiger partial charge in [-0.2, -0.15) is 0 Å². The Morgan fingerprint density at radius 2 is 1.64 bits per heavy atom. The third kappa shape index (κ3) is 3.69. The van der Waals surface area contributed by atoms with E-state index in [4.69, 9.17) is 0 Å². The minimum atomic E-state index is -0.493. The molecule has 0 saturated heterocycles. The molecule has 0 bridgehead atoms. The Kier molecular flexibility index (Phi) is 5.25. The lowest BCUT2D eigenvalue weighted by Gasteiger charge is -2.22. The third-order valence-corrected chi connectivity index (χ3v) is 3.51. The van der Waals surface area contributed by atoms with Gasteiger partial charge < -0.3 is 25.5 Å². The van der Waals surface area contributed by atoms with Gasteiger partial charge in [0.2, 0.25) is 5.75 Å². The normalized spacial score (nSPS) is 12.5. The van der Waals surface area contributed by atoms with Crippen molar-refractivity contribution in [1.82, 2.24) is 10.2 Å². The number of phenolic OH excluding ortho intramolecular Hbond substituents is 3. The highest BCUT2D eigenvalue weighted by molar-refractivity contribution is 5.55. The van der Waals surface area contributed by atoms with E-state index in [0.29, 0.717) is 12.1 Å². The van der Waals surface area contributed by atoms with Crippen molar-refractivity contribution in [3.63, 3.8) is 0 Å². The van der Waals surface area contributed by atoms with Gasteiger partial charge in [-0.05, 0) is 31.8 Å². The molecular formula is C17H22N2O3. The fraction of sp³-hybridized carbons (Fsp3) is 0.294. The minimum Gasteiger partial charge on any atom is -0.504 e. The van der Waals surface area contributed by atoms with Crippen molar-refractivity contribution in [3.8, 4) is 17.2 Å². The van der Waals surface area contributed by atoms with Gasteiger partial charge in [0.1, 0.15) is 0 Å². The maximum Gasteiger partial charge on any atom is 0.200 e. The van der Waals surface area contributed by atoms with Gasteiger partial charge in [0.05, 0.1) is 6.04 Å². The van der Waals surface area contributed by atoms with Crippen LogP contribution in [0.1, 0.15) is 17.2 Å². The molecule has 4 N–H and O–H groups in total. The number of hydrogen-bond donors (Lipinski definition) is 4. The number of nitrogens with one attached hydrogen (secondary N) is 1. The summed E-state index contributed by atoms with van der Waals surface area (Å²) >= 11 is 0. The van der Waals surface area contributed by atoms with E-state index in [1.807, 2.05) is 44.4 Å². The molecule has 0 heterocycles. The molecule has 22 heavy (non-hydrogen) atoms. The standard InChI is InChI=1S/C17H22N2O3/c1-19(2)11-10-18-15(12-6-4-3-5-7-12)13-8-9-14(20)17(22)16(13)21/h3-9,15,18,20-22H,10-11H2,1-2H3. The largest absolute Gasteiger partial charge is 0.504 e. The van der Waals surface area contributed by atoms with E-state index >= 15 is 0 Å². The Bertz CT molecular complexity index is 615. The zero-order chi connectivity index (χ0) is 16.1. The van der Waals surface area contributed by atoms with Crippen molar-refractivity contribution < 1.29 is 15.3 Å². The highest BCUT2D eigenvalue weighted by Gasteiger charge is 2.20. The van der Waals surface area contributed by atoms with E-state index in [-0.39, 0.29) is 17.5 Å². The molecule has 2 aromatic carbocycles. The lowest BCUT2D eigenvalue weighted by molar-refractivity contribution is 0.359. The second-order valence-electron chi connectivity index (χ2n) is 5.47. The van der Waals surface area contributed by atoms with E-state index in [1.165, 1.54) is 6.07 Å². The number of likely N-dealkylation sites (N-methyl/N-ethyl adjacent to an activating group) is 1. The molecule has 0 aliphatic carbocycles. The molecule has 2 aromatic rings. The van der Waals surface area contributed by atoms with Gasteiger partial charge >= 0.3 is 0 Å². The maximum absolute atomic E-state index is 10.2. The van der Waals surface area contributed by atoms with E-state index < -0.39 is 5.75 Å². The van der Waals surface area contributed by atoms with Crippen LogP contribution in [0.5, 0.6) is 17.2 Å². The molecule has 0 spiro atoms. The fourth-order valence-electron chi connectivity index (χ4n) is 2.30. The first-order valence-electron chi connectivity index (χ1n) is 7.17. The molecule has 0 aliphatic heterocycles. The van der Waals surface area contributed by atoms with Crippen LogP contribution in [0, 0.1) is 0 Å². The van der Waals surface area contributed by atoms with E-state index in [2.05, 4.69) is 10.2 Å². The molecule has 1 unspecified atom stereocenters. The maximum atomic E-state index is 10.2. The van der Waals surface area contributed by atoms with Crippen LogP contribution < -0.4 is 5.32 Å². The molecule has 118 valence electrons. The Morgan fingerprint density at radius 1 is 0.955 bits per heavy atom. The van der Waals surface area contributed by atoms with Crippen molar-refractivity contribution in [2.45, 2.75) is 6.04 Å². The molecular weight excluding hydrogens is 280 g/mol. The van der Waals surface area contributed by atoms with Gasteiger partial charge in [-0.15, -0.1) is 0 Å². The summed E-state index contributed by atoms with van der Waals surface area (Å²) in [4.78, 5) is 2.06. The lowest BCUT2D eigenvalue weighted by atomic mass is 9.97. The second kappa shape index (κ2) is 7.15. The first-order valence-corrected chi connectivity index (χ1v) is 7.17. The molecule has 1 atom stereocenters. The van der Waals surface area contributed by atoms with Gasteiger partial charge in [-0.25, -0.2) is 0 Å². The second-order valence-corrected chi connectivity index (χ2v) is 5.47.